The predicted molar refractivity (Wildman–Crippen MR) is 73.1 cm³/mol. The van der Waals surface area contributed by atoms with E-state index in [4.69, 9.17) is 5.11 Å². The largest absolute Gasteiger partial charge is 0.481 e. The lowest BCUT2D eigenvalue weighted by Crippen LogP contribution is -2.60. The van der Waals surface area contributed by atoms with Crippen LogP contribution in [0.3, 0.4) is 0 Å². The maximum absolute atomic E-state index is 12.0. The van der Waals surface area contributed by atoms with Gasteiger partial charge in [-0.3, -0.25) is 9.69 Å². The first-order chi connectivity index (χ1) is 8.77. The number of carboxylic acids is 1. The Balaban J connectivity index is 2.48. The fraction of sp³-hybridized carbons (Fsp3) is 0.846. The minimum Gasteiger partial charge on any atom is -0.481 e. The number of amides is 2. The molecule has 0 saturated carbocycles. The van der Waals surface area contributed by atoms with Gasteiger partial charge in [-0.1, -0.05) is 6.92 Å². The van der Waals surface area contributed by atoms with Gasteiger partial charge in [0, 0.05) is 31.7 Å². The molecule has 19 heavy (non-hydrogen) atoms. The molecule has 0 spiro atoms. The van der Waals surface area contributed by atoms with E-state index < -0.39 is 11.9 Å². The van der Waals surface area contributed by atoms with Crippen LogP contribution in [-0.4, -0.2) is 65.7 Å². The van der Waals surface area contributed by atoms with Crippen molar-refractivity contribution in [2.45, 2.75) is 32.7 Å². The third-order valence-corrected chi connectivity index (χ3v) is 3.95. The monoisotopic (exact) mass is 271 g/mol. The fourth-order valence-corrected chi connectivity index (χ4v) is 2.14. The van der Waals surface area contributed by atoms with Crippen molar-refractivity contribution in [1.82, 2.24) is 15.1 Å². The first kappa shape index (κ1) is 15.8. The lowest BCUT2D eigenvalue weighted by molar-refractivity contribution is -0.141. The van der Waals surface area contributed by atoms with Crippen molar-refractivity contribution in [3.63, 3.8) is 0 Å². The normalized spacial score (nSPS) is 20.9. The summed E-state index contributed by atoms with van der Waals surface area (Å²) in [5, 5.41) is 11.7. The van der Waals surface area contributed by atoms with Gasteiger partial charge < -0.3 is 15.3 Å². The van der Waals surface area contributed by atoms with Gasteiger partial charge in [-0.05, 0) is 27.3 Å². The number of urea groups is 1. The molecule has 1 rings (SSSR count). The molecule has 1 heterocycles. The summed E-state index contributed by atoms with van der Waals surface area (Å²) in [6.45, 7) is 8.35. The first-order valence-electron chi connectivity index (χ1n) is 6.74. The lowest BCUT2D eigenvalue weighted by atomic mass is 10.00. The molecule has 110 valence electrons. The van der Waals surface area contributed by atoms with Crippen molar-refractivity contribution >= 4 is 12.0 Å². The van der Waals surface area contributed by atoms with Crippen LogP contribution in [0.5, 0.6) is 0 Å². The molecule has 0 radical (unpaired) electrons. The molecule has 2 N–H and O–H groups in total. The molecular formula is C13H25N3O3. The molecule has 0 aromatic rings. The van der Waals surface area contributed by atoms with Crippen LogP contribution >= 0.6 is 0 Å². The van der Waals surface area contributed by atoms with E-state index in [9.17, 15) is 9.59 Å². The Labute approximate surface area is 114 Å². The zero-order valence-corrected chi connectivity index (χ0v) is 12.3. The van der Waals surface area contributed by atoms with Crippen LogP contribution in [0.25, 0.3) is 0 Å². The average molecular weight is 271 g/mol. The van der Waals surface area contributed by atoms with Gasteiger partial charge in [0.1, 0.15) is 0 Å². The second kappa shape index (κ2) is 6.23. The molecule has 1 aliphatic rings. The summed E-state index contributed by atoms with van der Waals surface area (Å²) >= 11 is 0. The zero-order valence-electron chi connectivity index (χ0n) is 12.3. The molecule has 0 aromatic carbocycles. The van der Waals surface area contributed by atoms with E-state index in [1.54, 1.807) is 4.90 Å². The maximum atomic E-state index is 12.0. The summed E-state index contributed by atoms with van der Waals surface area (Å²) in [7, 11) is 2.05. The Morgan fingerprint density at radius 3 is 2.47 bits per heavy atom. The van der Waals surface area contributed by atoms with Crippen molar-refractivity contribution in [3.8, 4) is 0 Å². The van der Waals surface area contributed by atoms with Gasteiger partial charge in [0.05, 0.1) is 5.92 Å². The number of carbonyl (C=O) groups excluding carboxylic acids is 1. The van der Waals surface area contributed by atoms with Crippen LogP contribution in [0.2, 0.25) is 0 Å². The van der Waals surface area contributed by atoms with Crippen LogP contribution < -0.4 is 5.32 Å². The van der Waals surface area contributed by atoms with E-state index in [2.05, 4.69) is 24.1 Å². The Morgan fingerprint density at radius 1 is 1.37 bits per heavy atom. The summed E-state index contributed by atoms with van der Waals surface area (Å²) in [5.41, 5.74) is -0.0491. The highest BCUT2D eigenvalue weighted by Gasteiger charge is 2.33. The summed E-state index contributed by atoms with van der Waals surface area (Å²) in [4.78, 5) is 26.9. The summed E-state index contributed by atoms with van der Waals surface area (Å²) in [5.74, 6) is -1.37. The molecular weight excluding hydrogens is 246 g/mol. The number of likely N-dealkylation sites (N-methyl/N-ethyl adjacent to an activating group) is 1. The quantitative estimate of drug-likeness (QED) is 0.794. The lowest BCUT2D eigenvalue weighted by Gasteiger charge is -2.45. The van der Waals surface area contributed by atoms with Crippen molar-refractivity contribution in [2.24, 2.45) is 5.92 Å². The number of rotatable bonds is 4. The summed E-state index contributed by atoms with van der Waals surface area (Å²) < 4.78 is 0. The number of carbonyl (C=O) groups is 2. The smallest absolute Gasteiger partial charge is 0.317 e. The SMILES string of the molecule is CCC(CNC(=O)N1CCN(C)C(C)(C)C1)C(=O)O. The van der Waals surface area contributed by atoms with E-state index in [1.807, 2.05) is 14.0 Å². The maximum Gasteiger partial charge on any atom is 0.317 e. The van der Waals surface area contributed by atoms with Gasteiger partial charge in [-0.2, -0.15) is 0 Å². The molecule has 6 heteroatoms. The molecule has 2 amide bonds. The van der Waals surface area contributed by atoms with E-state index in [0.717, 1.165) is 6.54 Å². The van der Waals surface area contributed by atoms with Crippen molar-refractivity contribution in [1.29, 1.82) is 0 Å². The summed E-state index contributed by atoms with van der Waals surface area (Å²) in [6.07, 6.45) is 0.518. The van der Waals surface area contributed by atoms with Crippen LogP contribution in [-0.2, 0) is 4.79 Å². The van der Waals surface area contributed by atoms with Crippen LogP contribution in [0.15, 0.2) is 0 Å². The number of nitrogens with zero attached hydrogens (tertiary/aromatic N) is 2. The zero-order chi connectivity index (χ0) is 14.6. The minimum atomic E-state index is -0.860. The molecule has 1 fully saturated rings. The average Bonchev–Trinajstić information content (AvgIpc) is 2.32. The highest BCUT2D eigenvalue weighted by Crippen LogP contribution is 2.18. The number of nitrogens with one attached hydrogen (secondary N) is 1. The van der Waals surface area contributed by atoms with Crippen molar-refractivity contribution < 1.29 is 14.7 Å². The Morgan fingerprint density at radius 2 is 2.00 bits per heavy atom. The Bertz CT molecular complexity index is 344. The third-order valence-electron chi connectivity index (χ3n) is 3.95. The van der Waals surface area contributed by atoms with E-state index >= 15 is 0 Å². The molecule has 6 nitrogen and oxygen atoms in total. The van der Waals surface area contributed by atoms with E-state index in [-0.39, 0.29) is 18.1 Å². The number of aliphatic carboxylic acids is 1. The molecule has 1 unspecified atom stereocenters. The second-order valence-electron chi connectivity index (χ2n) is 5.79. The molecule has 0 bridgehead atoms. The summed E-state index contributed by atoms with van der Waals surface area (Å²) in [6, 6.07) is -0.166. The number of hydrogen-bond donors (Lipinski definition) is 2. The number of carboxylic acid groups (broad SMARTS) is 1. The molecule has 1 saturated heterocycles. The minimum absolute atomic E-state index is 0.0491. The predicted octanol–water partition coefficient (Wildman–Crippen LogP) is 0.833. The highest BCUT2D eigenvalue weighted by atomic mass is 16.4. The van der Waals surface area contributed by atoms with Gasteiger partial charge in [-0.25, -0.2) is 4.79 Å². The Hall–Kier alpha value is -1.30. The van der Waals surface area contributed by atoms with Crippen molar-refractivity contribution in [2.75, 3.05) is 33.2 Å². The van der Waals surface area contributed by atoms with Crippen LogP contribution in [0.1, 0.15) is 27.2 Å². The molecule has 0 aromatic heterocycles. The first-order valence-corrected chi connectivity index (χ1v) is 6.74. The topological polar surface area (TPSA) is 72.9 Å². The van der Waals surface area contributed by atoms with Gasteiger partial charge in [0.25, 0.3) is 0 Å². The highest BCUT2D eigenvalue weighted by molar-refractivity contribution is 5.76. The van der Waals surface area contributed by atoms with Crippen LogP contribution in [0.4, 0.5) is 4.79 Å². The fourth-order valence-electron chi connectivity index (χ4n) is 2.14. The van der Waals surface area contributed by atoms with E-state index in [0.29, 0.717) is 19.5 Å². The third kappa shape index (κ3) is 4.09. The Kier molecular flexibility index (Phi) is 5.17. The van der Waals surface area contributed by atoms with Gasteiger partial charge in [0.15, 0.2) is 0 Å². The van der Waals surface area contributed by atoms with Gasteiger partial charge >= 0.3 is 12.0 Å². The molecule has 1 atom stereocenters. The van der Waals surface area contributed by atoms with Gasteiger partial charge in [0.2, 0.25) is 0 Å². The van der Waals surface area contributed by atoms with E-state index in [1.165, 1.54) is 0 Å². The van der Waals surface area contributed by atoms with Crippen molar-refractivity contribution in [3.05, 3.63) is 0 Å². The second-order valence-corrected chi connectivity index (χ2v) is 5.79. The standard InChI is InChI=1S/C13H25N3O3/c1-5-10(11(17)18)8-14-12(19)16-7-6-15(4)13(2,3)9-16/h10H,5-9H2,1-4H3,(H,14,19)(H,17,18). The van der Waals surface area contributed by atoms with Crippen LogP contribution in [0, 0.1) is 5.92 Å². The number of piperazine rings is 1. The van der Waals surface area contributed by atoms with Gasteiger partial charge in [-0.15, -0.1) is 0 Å². The molecule has 0 aliphatic carbocycles. The number of hydrogen-bond acceptors (Lipinski definition) is 3. The molecule has 1 aliphatic heterocycles.